The van der Waals surface area contributed by atoms with Crippen LogP contribution in [0.15, 0.2) is 12.1 Å². The molecule has 0 aliphatic heterocycles. The van der Waals surface area contributed by atoms with E-state index >= 15 is 0 Å². The number of carbonyl (C=O) groups is 1. The Kier molecular flexibility index (Phi) is 8.74. The molecule has 0 atom stereocenters. The molecule has 1 N–H and O–H groups in total. The maximum absolute atomic E-state index is 12.2. The Morgan fingerprint density at radius 2 is 1.59 bits per heavy atom. The summed E-state index contributed by atoms with van der Waals surface area (Å²) in [4.78, 5) is 12.2. The van der Waals surface area contributed by atoms with Gasteiger partial charge in [-0.25, -0.2) is 0 Å². The van der Waals surface area contributed by atoms with Crippen LogP contribution in [-0.2, 0) is 0 Å². The summed E-state index contributed by atoms with van der Waals surface area (Å²) in [6, 6.07) is 3.31. The van der Waals surface area contributed by atoms with Crippen LogP contribution in [0.2, 0.25) is 0 Å². The summed E-state index contributed by atoms with van der Waals surface area (Å²) >= 11 is 3.41. The van der Waals surface area contributed by atoms with Gasteiger partial charge < -0.3 is 19.5 Å². The van der Waals surface area contributed by atoms with Crippen molar-refractivity contribution in [3.05, 3.63) is 17.7 Å². The van der Waals surface area contributed by atoms with Crippen molar-refractivity contribution in [1.82, 2.24) is 5.32 Å². The maximum atomic E-state index is 12.2. The summed E-state index contributed by atoms with van der Waals surface area (Å²) in [7, 11) is 4.60. The van der Waals surface area contributed by atoms with Gasteiger partial charge >= 0.3 is 0 Å². The number of carbonyl (C=O) groups excluding carboxylic acids is 1. The predicted octanol–water partition coefficient (Wildman–Crippen LogP) is 3.40. The van der Waals surface area contributed by atoms with Gasteiger partial charge in [0.15, 0.2) is 11.5 Å². The summed E-state index contributed by atoms with van der Waals surface area (Å²) < 4.78 is 15.7. The van der Waals surface area contributed by atoms with Crippen molar-refractivity contribution in [3.8, 4) is 17.2 Å². The van der Waals surface area contributed by atoms with Crippen molar-refractivity contribution in [2.75, 3.05) is 33.2 Å². The van der Waals surface area contributed by atoms with Crippen LogP contribution in [0.25, 0.3) is 0 Å². The SMILES string of the molecule is COc1cc(C(=O)NCCCCCCBr)cc(OC)c1OC. The highest BCUT2D eigenvalue weighted by Crippen LogP contribution is 2.38. The minimum Gasteiger partial charge on any atom is -0.493 e. The number of halogens is 1. The Morgan fingerprint density at radius 1 is 1.00 bits per heavy atom. The molecule has 0 radical (unpaired) electrons. The second-order valence-electron chi connectivity index (χ2n) is 4.77. The topological polar surface area (TPSA) is 56.8 Å². The zero-order valence-electron chi connectivity index (χ0n) is 13.4. The lowest BCUT2D eigenvalue weighted by atomic mass is 10.1. The summed E-state index contributed by atoms with van der Waals surface area (Å²) in [6.45, 7) is 0.664. The van der Waals surface area contributed by atoms with Gasteiger partial charge in [-0.05, 0) is 25.0 Å². The molecular weight excluding hydrogens is 350 g/mol. The van der Waals surface area contributed by atoms with E-state index in [4.69, 9.17) is 14.2 Å². The van der Waals surface area contributed by atoms with E-state index < -0.39 is 0 Å². The van der Waals surface area contributed by atoms with Gasteiger partial charge in [-0.2, -0.15) is 0 Å². The van der Waals surface area contributed by atoms with E-state index in [9.17, 15) is 4.79 Å². The molecule has 0 aliphatic carbocycles. The van der Waals surface area contributed by atoms with Gasteiger partial charge in [0.05, 0.1) is 21.3 Å². The monoisotopic (exact) mass is 373 g/mol. The molecule has 0 saturated heterocycles. The number of ether oxygens (including phenoxy) is 3. The average Bonchev–Trinajstić information content (AvgIpc) is 2.56. The molecule has 1 aromatic rings. The number of hydrogen-bond donors (Lipinski definition) is 1. The van der Waals surface area contributed by atoms with Crippen LogP contribution in [-0.4, -0.2) is 39.1 Å². The highest BCUT2D eigenvalue weighted by molar-refractivity contribution is 9.09. The van der Waals surface area contributed by atoms with Crippen molar-refractivity contribution >= 4 is 21.8 Å². The molecule has 0 aliphatic rings. The Morgan fingerprint density at radius 3 is 2.09 bits per heavy atom. The van der Waals surface area contributed by atoms with E-state index in [0.717, 1.165) is 18.2 Å². The van der Waals surface area contributed by atoms with Crippen LogP contribution < -0.4 is 19.5 Å². The quantitative estimate of drug-likeness (QED) is 0.504. The second kappa shape index (κ2) is 10.3. The Labute approximate surface area is 140 Å². The first-order valence-electron chi connectivity index (χ1n) is 7.32. The van der Waals surface area contributed by atoms with Crippen LogP contribution in [0.4, 0.5) is 0 Å². The van der Waals surface area contributed by atoms with Crippen molar-refractivity contribution in [2.24, 2.45) is 0 Å². The van der Waals surface area contributed by atoms with Crippen molar-refractivity contribution in [1.29, 1.82) is 0 Å². The molecule has 0 fully saturated rings. The fourth-order valence-electron chi connectivity index (χ4n) is 2.09. The third-order valence-electron chi connectivity index (χ3n) is 3.27. The Balaban J connectivity index is 2.65. The summed E-state index contributed by atoms with van der Waals surface area (Å²) in [5.74, 6) is 1.30. The van der Waals surface area contributed by atoms with E-state index in [0.29, 0.717) is 29.4 Å². The molecule has 0 unspecified atom stereocenters. The van der Waals surface area contributed by atoms with Crippen LogP contribution in [0.1, 0.15) is 36.0 Å². The van der Waals surface area contributed by atoms with E-state index in [2.05, 4.69) is 21.2 Å². The minimum absolute atomic E-state index is 0.139. The molecule has 22 heavy (non-hydrogen) atoms. The van der Waals surface area contributed by atoms with Crippen molar-refractivity contribution in [2.45, 2.75) is 25.7 Å². The van der Waals surface area contributed by atoms with Crippen molar-refractivity contribution < 1.29 is 19.0 Å². The summed E-state index contributed by atoms with van der Waals surface area (Å²) in [5, 5.41) is 3.95. The molecule has 1 amide bonds. The minimum atomic E-state index is -0.139. The first kappa shape index (κ1) is 18.6. The van der Waals surface area contributed by atoms with Gasteiger partial charge in [0.1, 0.15) is 0 Å². The van der Waals surface area contributed by atoms with E-state index in [1.807, 2.05) is 0 Å². The number of rotatable bonds is 10. The maximum Gasteiger partial charge on any atom is 0.251 e. The zero-order valence-corrected chi connectivity index (χ0v) is 15.0. The molecular formula is C16H24BrNO4. The first-order chi connectivity index (χ1) is 10.7. The lowest BCUT2D eigenvalue weighted by Crippen LogP contribution is -2.24. The van der Waals surface area contributed by atoms with Crippen LogP contribution in [0, 0.1) is 0 Å². The lowest BCUT2D eigenvalue weighted by Gasteiger charge is -2.14. The first-order valence-corrected chi connectivity index (χ1v) is 8.44. The number of methoxy groups -OCH3 is 3. The number of alkyl halides is 1. The molecule has 5 nitrogen and oxygen atoms in total. The number of nitrogens with one attached hydrogen (secondary N) is 1. The molecule has 6 heteroatoms. The second-order valence-corrected chi connectivity index (χ2v) is 5.57. The molecule has 0 saturated carbocycles. The standard InChI is InChI=1S/C16H24BrNO4/c1-20-13-10-12(11-14(21-2)15(13)22-3)16(19)18-9-7-5-4-6-8-17/h10-11H,4-9H2,1-3H3,(H,18,19). The number of hydrogen-bond acceptors (Lipinski definition) is 4. The molecule has 0 bridgehead atoms. The predicted molar refractivity (Wildman–Crippen MR) is 90.7 cm³/mol. The fraction of sp³-hybridized carbons (Fsp3) is 0.562. The number of benzene rings is 1. The molecule has 1 rings (SSSR count). The Hall–Kier alpha value is -1.43. The Bertz CT molecular complexity index is 454. The van der Waals surface area contributed by atoms with Gasteiger partial charge in [0.2, 0.25) is 5.75 Å². The normalized spacial score (nSPS) is 10.2. The average molecular weight is 374 g/mol. The van der Waals surface area contributed by atoms with Crippen LogP contribution in [0.3, 0.4) is 0 Å². The number of unbranched alkanes of at least 4 members (excludes halogenated alkanes) is 3. The van der Waals surface area contributed by atoms with E-state index in [1.165, 1.54) is 34.2 Å². The third kappa shape index (κ3) is 5.40. The lowest BCUT2D eigenvalue weighted by molar-refractivity contribution is 0.0952. The molecule has 0 aromatic heterocycles. The van der Waals surface area contributed by atoms with E-state index in [-0.39, 0.29) is 5.91 Å². The van der Waals surface area contributed by atoms with E-state index in [1.54, 1.807) is 12.1 Å². The smallest absolute Gasteiger partial charge is 0.251 e. The van der Waals surface area contributed by atoms with Crippen LogP contribution >= 0.6 is 15.9 Å². The van der Waals surface area contributed by atoms with Gasteiger partial charge in [-0.3, -0.25) is 4.79 Å². The van der Waals surface area contributed by atoms with Gasteiger partial charge in [0, 0.05) is 17.4 Å². The molecule has 1 aromatic carbocycles. The molecule has 124 valence electrons. The summed E-state index contributed by atoms with van der Waals surface area (Å²) in [5.41, 5.74) is 0.495. The third-order valence-corrected chi connectivity index (χ3v) is 3.83. The van der Waals surface area contributed by atoms with Gasteiger partial charge in [-0.1, -0.05) is 28.8 Å². The molecule has 0 spiro atoms. The van der Waals surface area contributed by atoms with Gasteiger partial charge in [0.25, 0.3) is 5.91 Å². The zero-order chi connectivity index (χ0) is 16.4. The highest BCUT2D eigenvalue weighted by Gasteiger charge is 2.16. The summed E-state index contributed by atoms with van der Waals surface area (Å²) in [6.07, 6.45) is 4.43. The molecule has 0 heterocycles. The fourth-order valence-corrected chi connectivity index (χ4v) is 2.49. The van der Waals surface area contributed by atoms with Crippen LogP contribution in [0.5, 0.6) is 17.2 Å². The highest BCUT2D eigenvalue weighted by atomic mass is 79.9. The van der Waals surface area contributed by atoms with Gasteiger partial charge in [-0.15, -0.1) is 0 Å². The number of amides is 1. The largest absolute Gasteiger partial charge is 0.493 e. The van der Waals surface area contributed by atoms with Crippen molar-refractivity contribution in [3.63, 3.8) is 0 Å².